The van der Waals surface area contributed by atoms with Crippen LogP contribution in [0.25, 0.3) is 0 Å². The molecule has 0 radical (unpaired) electrons. The van der Waals surface area contributed by atoms with E-state index in [1.165, 1.54) is 35.7 Å². The van der Waals surface area contributed by atoms with Crippen molar-refractivity contribution in [1.82, 2.24) is 4.31 Å². The van der Waals surface area contributed by atoms with Gasteiger partial charge in [0.1, 0.15) is 11.3 Å². The number of para-hydroxylation sites is 1. The predicted octanol–water partition coefficient (Wildman–Crippen LogP) is 3.32. The van der Waals surface area contributed by atoms with Crippen molar-refractivity contribution in [3.8, 4) is 5.75 Å². The molecule has 0 aliphatic carbocycles. The zero-order chi connectivity index (χ0) is 22.4. The number of piperidine rings is 1. The highest BCUT2D eigenvalue weighted by Gasteiger charge is 2.26. The number of ether oxygens (including phenoxy) is 2. The fourth-order valence-electron chi connectivity index (χ4n) is 3.22. The molecule has 2 aromatic carbocycles. The molecule has 0 saturated carbocycles. The minimum atomic E-state index is -3.68. The number of rotatable bonds is 7. The van der Waals surface area contributed by atoms with Gasteiger partial charge in [-0.1, -0.05) is 30.2 Å². The normalized spacial score (nSPS) is 14.6. The van der Waals surface area contributed by atoms with Gasteiger partial charge in [-0.2, -0.15) is 4.31 Å². The van der Waals surface area contributed by atoms with Gasteiger partial charge in [-0.05, 0) is 43.2 Å². The minimum Gasteiger partial charge on any atom is -0.496 e. The van der Waals surface area contributed by atoms with E-state index in [-0.39, 0.29) is 21.2 Å². The zero-order valence-electron chi connectivity index (χ0n) is 17.0. The van der Waals surface area contributed by atoms with E-state index in [0.717, 1.165) is 19.3 Å². The number of nitrogens with zero attached hydrogens (tertiary/aromatic N) is 1. The molecule has 0 spiro atoms. The summed E-state index contributed by atoms with van der Waals surface area (Å²) in [7, 11) is -2.26. The lowest BCUT2D eigenvalue weighted by atomic mass is 10.2. The number of carbonyl (C=O) groups excluding carboxylic acids is 2. The Bertz CT molecular complexity index is 1070. The van der Waals surface area contributed by atoms with Crippen LogP contribution in [0.15, 0.2) is 47.4 Å². The van der Waals surface area contributed by atoms with Crippen LogP contribution in [-0.2, 0) is 19.6 Å². The van der Waals surface area contributed by atoms with Gasteiger partial charge >= 0.3 is 5.97 Å². The van der Waals surface area contributed by atoms with Crippen LogP contribution in [0.1, 0.15) is 29.6 Å². The molecule has 1 fully saturated rings. The fourth-order valence-corrected chi connectivity index (χ4v) is 4.93. The van der Waals surface area contributed by atoms with Gasteiger partial charge in [0, 0.05) is 13.1 Å². The molecule has 2 aromatic rings. The standard InChI is InChI=1S/C21H23ClN2O6S/c1-29-19-8-4-3-7-16(19)21(26)30-14-20(25)23-18-13-15(9-10-17(18)22)31(27,28)24-11-5-2-6-12-24/h3-4,7-10,13H,2,5-6,11-12,14H2,1H3,(H,23,25). The largest absolute Gasteiger partial charge is 0.496 e. The van der Waals surface area contributed by atoms with Crippen molar-refractivity contribution in [3.63, 3.8) is 0 Å². The first-order valence-corrected chi connectivity index (χ1v) is 11.5. The van der Waals surface area contributed by atoms with Crippen LogP contribution in [0.4, 0.5) is 5.69 Å². The summed E-state index contributed by atoms with van der Waals surface area (Å²) in [6, 6.07) is 10.6. The lowest BCUT2D eigenvalue weighted by Crippen LogP contribution is -2.35. The molecular formula is C21H23ClN2O6S. The second kappa shape index (κ2) is 10.1. The van der Waals surface area contributed by atoms with Crippen LogP contribution in [0.5, 0.6) is 5.75 Å². The smallest absolute Gasteiger partial charge is 0.342 e. The quantitative estimate of drug-likeness (QED) is 0.628. The monoisotopic (exact) mass is 466 g/mol. The van der Waals surface area contributed by atoms with Gasteiger partial charge in [0.25, 0.3) is 5.91 Å². The third-order valence-corrected chi connectivity index (χ3v) is 7.05. The number of sulfonamides is 1. The predicted molar refractivity (Wildman–Crippen MR) is 116 cm³/mol. The van der Waals surface area contributed by atoms with Gasteiger partial charge in [0.2, 0.25) is 10.0 Å². The van der Waals surface area contributed by atoms with Gasteiger partial charge in [-0.25, -0.2) is 13.2 Å². The number of nitrogens with one attached hydrogen (secondary N) is 1. The van der Waals surface area contributed by atoms with E-state index in [9.17, 15) is 18.0 Å². The molecule has 8 nitrogen and oxygen atoms in total. The van der Waals surface area contributed by atoms with Crippen LogP contribution in [0.3, 0.4) is 0 Å². The fraction of sp³-hybridized carbons (Fsp3) is 0.333. The van der Waals surface area contributed by atoms with Crippen LogP contribution < -0.4 is 10.1 Å². The molecule has 10 heteroatoms. The summed E-state index contributed by atoms with van der Waals surface area (Å²) in [6.45, 7) is 0.355. The third-order valence-electron chi connectivity index (χ3n) is 4.83. The van der Waals surface area contributed by atoms with E-state index in [0.29, 0.717) is 18.8 Å². The summed E-state index contributed by atoms with van der Waals surface area (Å²) in [5.74, 6) is -1.05. The molecule has 1 amide bonds. The summed E-state index contributed by atoms with van der Waals surface area (Å²) in [6.07, 6.45) is 2.63. The van der Waals surface area contributed by atoms with E-state index >= 15 is 0 Å². The summed E-state index contributed by atoms with van der Waals surface area (Å²) >= 11 is 6.13. The second-order valence-corrected chi connectivity index (χ2v) is 9.28. The Labute approximate surface area is 186 Å². The van der Waals surface area contributed by atoms with Crippen LogP contribution in [0.2, 0.25) is 5.02 Å². The Morgan fingerprint density at radius 3 is 2.52 bits per heavy atom. The third kappa shape index (κ3) is 5.55. The van der Waals surface area contributed by atoms with Gasteiger partial charge in [0.15, 0.2) is 6.61 Å². The number of benzene rings is 2. The number of amides is 1. The lowest BCUT2D eigenvalue weighted by Gasteiger charge is -2.26. The Hall–Kier alpha value is -2.62. The molecule has 3 rings (SSSR count). The average molecular weight is 467 g/mol. The summed E-state index contributed by atoms with van der Waals surface area (Å²) < 4.78 is 37.3. The SMILES string of the molecule is COc1ccccc1C(=O)OCC(=O)Nc1cc(S(=O)(=O)N2CCCCC2)ccc1Cl. The highest BCUT2D eigenvalue weighted by atomic mass is 35.5. The maximum absolute atomic E-state index is 12.9. The Kier molecular flexibility index (Phi) is 7.53. The van der Waals surface area contributed by atoms with Crippen LogP contribution in [-0.4, -0.2) is 51.4 Å². The van der Waals surface area contributed by atoms with Crippen molar-refractivity contribution in [2.45, 2.75) is 24.2 Å². The first-order chi connectivity index (χ1) is 14.8. The van der Waals surface area contributed by atoms with E-state index in [2.05, 4.69) is 5.32 Å². The van der Waals surface area contributed by atoms with Gasteiger partial charge < -0.3 is 14.8 Å². The number of methoxy groups -OCH3 is 1. The second-order valence-electron chi connectivity index (χ2n) is 6.93. The summed E-state index contributed by atoms with van der Waals surface area (Å²) in [4.78, 5) is 24.5. The molecule has 1 N–H and O–H groups in total. The zero-order valence-corrected chi connectivity index (χ0v) is 18.5. The van der Waals surface area contributed by atoms with Crippen molar-refractivity contribution in [1.29, 1.82) is 0 Å². The van der Waals surface area contributed by atoms with E-state index < -0.39 is 28.5 Å². The van der Waals surface area contributed by atoms with Crippen LogP contribution >= 0.6 is 11.6 Å². The van der Waals surface area contributed by atoms with Crippen molar-refractivity contribution in [2.24, 2.45) is 0 Å². The molecule has 1 aliphatic heterocycles. The van der Waals surface area contributed by atoms with Crippen LogP contribution in [0, 0.1) is 0 Å². The summed E-state index contributed by atoms with van der Waals surface area (Å²) in [5.41, 5.74) is 0.309. The molecule has 1 saturated heterocycles. The van der Waals surface area contributed by atoms with Gasteiger partial charge in [-0.3, -0.25) is 4.79 Å². The lowest BCUT2D eigenvalue weighted by molar-refractivity contribution is -0.119. The number of hydrogen-bond donors (Lipinski definition) is 1. The molecule has 0 bridgehead atoms. The number of halogens is 1. The number of esters is 1. The number of anilines is 1. The molecule has 31 heavy (non-hydrogen) atoms. The van der Waals surface area contributed by atoms with Crippen molar-refractivity contribution < 1.29 is 27.5 Å². The molecule has 166 valence electrons. The first-order valence-electron chi connectivity index (χ1n) is 9.72. The molecule has 0 aromatic heterocycles. The Morgan fingerprint density at radius 1 is 1.10 bits per heavy atom. The maximum Gasteiger partial charge on any atom is 0.342 e. The topological polar surface area (TPSA) is 102 Å². The highest BCUT2D eigenvalue weighted by molar-refractivity contribution is 7.89. The Balaban J connectivity index is 1.67. The highest BCUT2D eigenvalue weighted by Crippen LogP contribution is 2.28. The van der Waals surface area contributed by atoms with E-state index in [4.69, 9.17) is 21.1 Å². The van der Waals surface area contributed by atoms with Crippen molar-refractivity contribution >= 4 is 39.2 Å². The maximum atomic E-state index is 12.9. The van der Waals surface area contributed by atoms with Crippen molar-refractivity contribution in [2.75, 3.05) is 32.1 Å². The van der Waals surface area contributed by atoms with Gasteiger partial charge in [-0.15, -0.1) is 0 Å². The number of hydrogen-bond acceptors (Lipinski definition) is 6. The van der Waals surface area contributed by atoms with Gasteiger partial charge in [0.05, 0.1) is 22.7 Å². The number of carbonyl (C=O) groups is 2. The van der Waals surface area contributed by atoms with E-state index in [1.807, 2.05) is 0 Å². The molecule has 0 atom stereocenters. The minimum absolute atomic E-state index is 0.0418. The first kappa shape index (κ1) is 23.1. The molecule has 1 heterocycles. The average Bonchev–Trinajstić information content (AvgIpc) is 2.79. The molecule has 0 unspecified atom stereocenters. The Morgan fingerprint density at radius 2 is 1.81 bits per heavy atom. The summed E-state index contributed by atoms with van der Waals surface area (Å²) in [5, 5.41) is 2.67. The van der Waals surface area contributed by atoms with Crippen molar-refractivity contribution in [3.05, 3.63) is 53.1 Å². The van der Waals surface area contributed by atoms with E-state index in [1.54, 1.807) is 18.2 Å². The molecule has 1 aliphatic rings. The molecular weight excluding hydrogens is 444 g/mol.